The zero-order valence-corrected chi connectivity index (χ0v) is 35.5. The van der Waals surface area contributed by atoms with Gasteiger partial charge < -0.3 is 28.4 Å². The van der Waals surface area contributed by atoms with Crippen LogP contribution in [0.5, 0.6) is 11.5 Å². The molecule has 8 aromatic rings. The van der Waals surface area contributed by atoms with Gasteiger partial charge >= 0.3 is 0 Å². The molecule has 0 saturated carbocycles. The maximum absolute atomic E-state index is 9.37. The molecule has 0 atom stereocenters. The van der Waals surface area contributed by atoms with Crippen molar-refractivity contribution < 1.29 is 28.4 Å². The molecule has 0 radical (unpaired) electrons. The van der Waals surface area contributed by atoms with Crippen molar-refractivity contribution in [3.05, 3.63) is 170 Å². The monoisotopic (exact) mass is 890 g/mol. The van der Waals surface area contributed by atoms with E-state index in [0.29, 0.717) is 83.4 Å². The second-order valence-corrected chi connectivity index (χ2v) is 15.9. The zero-order chi connectivity index (χ0) is 43.6. The van der Waals surface area contributed by atoms with E-state index in [2.05, 4.69) is 33.0 Å². The van der Waals surface area contributed by atoms with Gasteiger partial charge in [0.25, 0.3) is 0 Å². The van der Waals surface area contributed by atoms with Gasteiger partial charge in [-0.25, -0.2) is 4.85 Å². The van der Waals surface area contributed by atoms with E-state index in [9.17, 15) is 5.26 Å². The quantitative estimate of drug-likeness (QED) is 0.102. The Balaban J connectivity index is 0.935. The van der Waals surface area contributed by atoms with Crippen molar-refractivity contribution in [2.75, 3.05) is 26.4 Å². The van der Waals surface area contributed by atoms with Crippen molar-refractivity contribution in [1.29, 1.82) is 5.26 Å². The van der Waals surface area contributed by atoms with Gasteiger partial charge in [0.2, 0.25) is 5.69 Å². The Bertz CT molecular complexity index is 2920. The number of aromatic nitrogens is 6. The topological polar surface area (TPSA) is 145 Å². The lowest BCUT2D eigenvalue weighted by Crippen LogP contribution is -2.08. The van der Waals surface area contributed by atoms with E-state index in [4.69, 9.17) is 68.4 Å². The van der Waals surface area contributed by atoms with Crippen LogP contribution in [0.25, 0.3) is 37.8 Å². The van der Waals surface area contributed by atoms with Crippen LogP contribution in [0.3, 0.4) is 0 Å². The van der Waals surface area contributed by atoms with Crippen molar-refractivity contribution >= 4 is 50.7 Å². The van der Waals surface area contributed by atoms with Gasteiger partial charge in [0, 0.05) is 51.2 Å². The number of nitriles is 1. The number of hydrogen-bond acceptors (Lipinski definition) is 11. The highest BCUT2D eigenvalue weighted by Crippen LogP contribution is 2.40. The third kappa shape index (κ3) is 8.34. The SMILES string of the molecule is [C-]#[N+]c1cncc(COc2cc(Cn3ncc4c(-c5cccc6c5cnn6Cc5cc(OCc6cncc(C#N)c6)c(C6OCCO6)cc5Cl)cccc43)c(Cl)cc2C2OCCO2)c1. The summed E-state index contributed by atoms with van der Waals surface area (Å²) in [6.07, 6.45) is 8.88. The second-order valence-electron chi connectivity index (χ2n) is 15.1. The molecule has 0 amide bonds. The molecular formula is C48H36Cl2N8O6. The maximum Gasteiger partial charge on any atom is 0.205 e. The largest absolute Gasteiger partial charge is 0.488 e. The summed E-state index contributed by atoms with van der Waals surface area (Å²) in [5.41, 5.74) is 9.14. The first-order chi connectivity index (χ1) is 31.4. The van der Waals surface area contributed by atoms with Gasteiger partial charge in [0.05, 0.1) is 86.2 Å². The van der Waals surface area contributed by atoms with Crippen LogP contribution in [0.4, 0.5) is 5.69 Å². The molecule has 0 bridgehead atoms. The van der Waals surface area contributed by atoms with Gasteiger partial charge in [-0.1, -0.05) is 47.5 Å². The van der Waals surface area contributed by atoms with Gasteiger partial charge in [-0.2, -0.15) is 15.5 Å². The first kappa shape index (κ1) is 41.1. The average molecular weight is 892 g/mol. The van der Waals surface area contributed by atoms with Crippen LogP contribution in [0.2, 0.25) is 10.0 Å². The number of ether oxygens (including phenoxy) is 6. The highest BCUT2D eigenvalue weighted by molar-refractivity contribution is 6.31. The van der Waals surface area contributed by atoms with Crippen molar-refractivity contribution in [1.82, 2.24) is 29.5 Å². The third-order valence-electron chi connectivity index (χ3n) is 11.0. The fourth-order valence-corrected chi connectivity index (χ4v) is 8.44. The number of halogens is 2. The fourth-order valence-electron chi connectivity index (χ4n) is 7.97. The molecule has 0 spiro atoms. The summed E-state index contributed by atoms with van der Waals surface area (Å²) in [7, 11) is 0. The lowest BCUT2D eigenvalue weighted by molar-refractivity contribution is -0.0461. The summed E-state index contributed by atoms with van der Waals surface area (Å²) in [4.78, 5) is 11.8. The molecule has 6 heterocycles. The normalized spacial score (nSPS) is 14.3. The van der Waals surface area contributed by atoms with Crippen LogP contribution in [0, 0.1) is 17.9 Å². The van der Waals surface area contributed by atoms with Crippen LogP contribution in [-0.4, -0.2) is 56.0 Å². The van der Waals surface area contributed by atoms with E-state index in [1.807, 2.05) is 70.3 Å². The number of pyridine rings is 2. The van der Waals surface area contributed by atoms with Gasteiger partial charge in [-0.3, -0.25) is 19.3 Å². The van der Waals surface area contributed by atoms with E-state index >= 15 is 0 Å². The Morgan fingerprint density at radius 3 is 1.66 bits per heavy atom. The highest BCUT2D eigenvalue weighted by Gasteiger charge is 2.27. The minimum Gasteiger partial charge on any atom is -0.488 e. The molecule has 0 N–H and O–H groups in total. The van der Waals surface area contributed by atoms with E-state index in [1.165, 1.54) is 12.4 Å². The summed E-state index contributed by atoms with van der Waals surface area (Å²) in [5.74, 6) is 1.10. The minimum atomic E-state index is -0.620. The molecule has 4 aromatic carbocycles. The Morgan fingerprint density at radius 1 is 0.656 bits per heavy atom. The van der Waals surface area contributed by atoms with Gasteiger partial charge in [0.15, 0.2) is 12.6 Å². The average Bonchev–Trinajstić information content (AvgIpc) is 4.18. The molecule has 2 aliphatic rings. The Kier molecular flexibility index (Phi) is 11.6. The Hall–Kier alpha value is -6.88. The second kappa shape index (κ2) is 18.1. The van der Waals surface area contributed by atoms with Crippen LogP contribution in [0.1, 0.15) is 51.5 Å². The van der Waals surface area contributed by atoms with Crippen molar-refractivity contribution in [3.63, 3.8) is 0 Å². The van der Waals surface area contributed by atoms with Crippen molar-refractivity contribution in [2.24, 2.45) is 0 Å². The number of rotatable bonds is 13. The van der Waals surface area contributed by atoms with E-state index in [0.717, 1.165) is 55.2 Å². The van der Waals surface area contributed by atoms with Crippen LogP contribution < -0.4 is 9.47 Å². The van der Waals surface area contributed by atoms with Crippen LogP contribution >= 0.6 is 23.2 Å². The van der Waals surface area contributed by atoms with Crippen molar-refractivity contribution in [3.8, 4) is 28.7 Å². The number of hydrogen-bond donors (Lipinski definition) is 0. The predicted octanol–water partition coefficient (Wildman–Crippen LogP) is 9.92. The number of benzene rings is 4. The van der Waals surface area contributed by atoms with Gasteiger partial charge in [0.1, 0.15) is 30.8 Å². The molecule has 0 unspecified atom stereocenters. The highest BCUT2D eigenvalue weighted by atomic mass is 35.5. The number of nitrogens with zero attached hydrogens (tertiary/aromatic N) is 8. The molecule has 14 nitrogen and oxygen atoms in total. The first-order valence-corrected chi connectivity index (χ1v) is 21.1. The molecule has 64 heavy (non-hydrogen) atoms. The van der Waals surface area contributed by atoms with Crippen LogP contribution in [0.15, 0.2) is 110 Å². The third-order valence-corrected chi connectivity index (χ3v) is 11.7. The van der Waals surface area contributed by atoms with Crippen molar-refractivity contribution in [2.45, 2.75) is 38.9 Å². The van der Waals surface area contributed by atoms with E-state index in [1.54, 1.807) is 24.5 Å². The summed E-state index contributed by atoms with van der Waals surface area (Å²) in [5, 5.41) is 22.0. The molecule has 2 aliphatic heterocycles. The molecule has 10 rings (SSSR count). The predicted molar refractivity (Wildman–Crippen MR) is 237 cm³/mol. The summed E-state index contributed by atoms with van der Waals surface area (Å²) < 4.78 is 39.8. The number of fused-ring (bicyclic) bond motifs is 2. The maximum atomic E-state index is 9.37. The molecule has 318 valence electrons. The van der Waals surface area contributed by atoms with Crippen LogP contribution in [-0.2, 0) is 45.3 Å². The molecule has 16 heteroatoms. The zero-order valence-electron chi connectivity index (χ0n) is 34.0. The molecule has 2 saturated heterocycles. The van der Waals surface area contributed by atoms with Gasteiger partial charge in [-0.05, 0) is 76.3 Å². The lowest BCUT2D eigenvalue weighted by atomic mass is 9.99. The summed E-state index contributed by atoms with van der Waals surface area (Å²) in [6, 6.07) is 25.4. The Morgan fingerprint density at radius 2 is 1.16 bits per heavy atom. The molecule has 4 aromatic heterocycles. The van der Waals surface area contributed by atoms with Gasteiger partial charge in [-0.15, -0.1) is 0 Å². The molecule has 0 aliphatic carbocycles. The molecular weight excluding hydrogens is 855 g/mol. The Labute approximate surface area is 376 Å². The minimum absolute atomic E-state index is 0.179. The first-order valence-electron chi connectivity index (χ1n) is 20.3. The van der Waals surface area contributed by atoms with E-state index in [-0.39, 0.29) is 13.2 Å². The fraction of sp³-hybridized carbons (Fsp3) is 0.208. The lowest BCUT2D eigenvalue weighted by Gasteiger charge is -2.18. The van der Waals surface area contributed by atoms with E-state index < -0.39 is 12.6 Å². The summed E-state index contributed by atoms with van der Waals surface area (Å²) in [6.45, 7) is 10.3. The smallest absolute Gasteiger partial charge is 0.205 e. The standard InChI is InChI=1S/C48H36Cl2N8O6/c1-52-34-13-31(21-54-22-34)28-64-46-15-33(42(50)17-38(46)48-61-10-11-62-48)26-58-44-7-3-5-36(40(44)24-56-58)35-4-2-6-43-39(35)23-55-57(43)25-32-14-45(37(16-41(32)49)47-59-8-9-60-47)63-27-30-12-29(18-51)19-53-20-30/h2-7,12-17,19-24,47-48H,8-11,25-28H2. The summed E-state index contributed by atoms with van der Waals surface area (Å²) >= 11 is 13.9. The molecule has 2 fully saturated rings.